The summed E-state index contributed by atoms with van der Waals surface area (Å²) in [6.45, 7) is 0.837. The maximum Gasteiger partial charge on any atom is 0.263 e. The third kappa shape index (κ3) is 2.97. The largest absolute Gasteiger partial charge is 0.385 e. The van der Waals surface area contributed by atoms with Crippen molar-refractivity contribution >= 4 is 21.5 Å². The number of benzene rings is 1. The molecule has 0 fully saturated rings. The standard InChI is InChI=1S/C14H14FN3O2S/c15-11-4-6-14(17-9-11)18-21(19,20)12-5-3-10-2-1-7-16-13(10)8-12/h3-6,8-9,16H,1-2,7H2,(H,17,18). The Labute approximate surface area is 122 Å². The van der Waals surface area contributed by atoms with Crippen LogP contribution in [0.2, 0.25) is 0 Å². The summed E-state index contributed by atoms with van der Waals surface area (Å²) in [6.07, 6.45) is 2.94. The van der Waals surface area contributed by atoms with Crippen molar-refractivity contribution in [3.05, 3.63) is 47.9 Å². The van der Waals surface area contributed by atoms with Gasteiger partial charge in [0.2, 0.25) is 0 Å². The molecule has 0 atom stereocenters. The molecule has 2 heterocycles. The lowest BCUT2D eigenvalue weighted by Gasteiger charge is -2.18. The Balaban J connectivity index is 1.89. The highest BCUT2D eigenvalue weighted by Gasteiger charge is 2.18. The number of anilines is 2. The van der Waals surface area contributed by atoms with Gasteiger partial charge in [-0.3, -0.25) is 4.72 Å². The van der Waals surface area contributed by atoms with E-state index in [2.05, 4.69) is 15.0 Å². The van der Waals surface area contributed by atoms with E-state index < -0.39 is 15.8 Å². The Morgan fingerprint density at radius 2 is 2.10 bits per heavy atom. The maximum atomic E-state index is 12.8. The van der Waals surface area contributed by atoms with Gasteiger partial charge < -0.3 is 5.32 Å². The zero-order valence-corrected chi connectivity index (χ0v) is 12.0. The van der Waals surface area contributed by atoms with Crippen LogP contribution in [-0.2, 0) is 16.4 Å². The highest BCUT2D eigenvalue weighted by atomic mass is 32.2. The summed E-state index contributed by atoms with van der Waals surface area (Å²) in [6, 6.07) is 7.43. The number of pyridine rings is 1. The molecular weight excluding hydrogens is 293 g/mol. The third-order valence-electron chi connectivity index (χ3n) is 3.30. The van der Waals surface area contributed by atoms with Gasteiger partial charge >= 0.3 is 0 Å². The van der Waals surface area contributed by atoms with Gasteiger partial charge in [-0.15, -0.1) is 0 Å². The molecular formula is C14H14FN3O2S. The van der Waals surface area contributed by atoms with Gasteiger partial charge in [0.05, 0.1) is 11.1 Å². The van der Waals surface area contributed by atoms with Gasteiger partial charge in [-0.25, -0.2) is 17.8 Å². The zero-order valence-electron chi connectivity index (χ0n) is 11.1. The van der Waals surface area contributed by atoms with Crippen LogP contribution < -0.4 is 10.0 Å². The van der Waals surface area contributed by atoms with Gasteiger partial charge in [-0.05, 0) is 42.7 Å². The molecule has 2 aromatic rings. The van der Waals surface area contributed by atoms with Crippen LogP contribution in [0.3, 0.4) is 0 Å². The summed E-state index contributed by atoms with van der Waals surface area (Å²) in [5.41, 5.74) is 1.95. The second kappa shape index (κ2) is 5.33. The van der Waals surface area contributed by atoms with Crippen LogP contribution in [0.25, 0.3) is 0 Å². The summed E-state index contributed by atoms with van der Waals surface area (Å²) in [5.74, 6) is -0.432. The predicted octanol–water partition coefficient (Wildman–Crippen LogP) is 2.38. The van der Waals surface area contributed by atoms with Crippen molar-refractivity contribution in [3.8, 4) is 0 Å². The van der Waals surface area contributed by atoms with E-state index in [1.165, 1.54) is 6.07 Å². The number of nitrogens with one attached hydrogen (secondary N) is 2. The quantitative estimate of drug-likeness (QED) is 0.913. The molecule has 0 radical (unpaired) electrons. The molecule has 0 unspecified atom stereocenters. The number of aryl methyl sites for hydroxylation is 1. The van der Waals surface area contributed by atoms with E-state index in [-0.39, 0.29) is 10.7 Å². The number of fused-ring (bicyclic) bond motifs is 1. The average Bonchev–Trinajstić information content (AvgIpc) is 2.49. The molecule has 0 saturated heterocycles. The second-order valence-electron chi connectivity index (χ2n) is 4.82. The molecule has 3 rings (SSSR count). The Morgan fingerprint density at radius 3 is 2.86 bits per heavy atom. The van der Waals surface area contributed by atoms with Crippen LogP contribution in [0.15, 0.2) is 41.4 Å². The molecule has 1 aromatic carbocycles. The first kappa shape index (κ1) is 13.8. The molecule has 1 aromatic heterocycles. The molecule has 0 amide bonds. The van der Waals surface area contributed by atoms with E-state index in [0.29, 0.717) is 0 Å². The van der Waals surface area contributed by atoms with Gasteiger partial charge in [-0.1, -0.05) is 6.07 Å². The van der Waals surface area contributed by atoms with Gasteiger partial charge in [-0.2, -0.15) is 0 Å². The second-order valence-corrected chi connectivity index (χ2v) is 6.50. The molecule has 0 bridgehead atoms. The summed E-state index contributed by atoms with van der Waals surface area (Å²) in [5, 5.41) is 3.19. The fraction of sp³-hybridized carbons (Fsp3) is 0.214. The Morgan fingerprint density at radius 1 is 1.24 bits per heavy atom. The smallest absolute Gasteiger partial charge is 0.263 e. The number of hydrogen-bond donors (Lipinski definition) is 2. The lowest BCUT2D eigenvalue weighted by atomic mass is 10.0. The van der Waals surface area contributed by atoms with Crippen LogP contribution in [0.4, 0.5) is 15.9 Å². The van der Waals surface area contributed by atoms with Gasteiger partial charge in [0.15, 0.2) is 0 Å². The molecule has 2 N–H and O–H groups in total. The molecule has 0 aliphatic carbocycles. The van der Waals surface area contributed by atoms with Crippen LogP contribution in [0.1, 0.15) is 12.0 Å². The molecule has 0 saturated carbocycles. The highest BCUT2D eigenvalue weighted by Crippen LogP contribution is 2.26. The van der Waals surface area contributed by atoms with E-state index in [1.807, 2.05) is 6.07 Å². The first-order valence-electron chi connectivity index (χ1n) is 6.56. The molecule has 0 spiro atoms. The van der Waals surface area contributed by atoms with Crippen molar-refractivity contribution in [2.24, 2.45) is 0 Å². The van der Waals surface area contributed by atoms with Crippen molar-refractivity contribution < 1.29 is 12.8 Å². The van der Waals surface area contributed by atoms with E-state index >= 15 is 0 Å². The van der Waals surface area contributed by atoms with Crippen LogP contribution in [-0.4, -0.2) is 19.9 Å². The lowest BCUT2D eigenvalue weighted by molar-refractivity contribution is 0.600. The normalized spacial score (nSPS) is 14.1. The Kier molecular flexibility index (Phi) is 3.50. The van der Waals surface area contributed by atoms with Crippen molar-refractivity contribution in [1.82, 2.24) is 4.98 Å². The zero-order chi connectivity index (χ0) is 14.9. The van der Waals surface area contributed by atoms with Gasteiger partial charge in [0.1, 0.15) is 11.6 Å². The van der Waals surface area contributed by atoms with Crippen LogP contribution >= 0.6 is 0 Å². The van der Waals surface area contributed by atoms with Crippen LogP contribution in [0.5, 0.6) is 0 Å². The van der Waals surface area contributed by atoms with Gasteiger partial charge in [0.25, 0.3) is 10.0 Å². The summed E-state index contributed by atoms with van der Waals surface area (Å²) in [7, 11) is -3.73. The first-order chi connectivity index (χ1) is 10.0. The first-order valence-corrected chi connectivity index (χ1v) is 8.04. The number of aromatic nitrogens is 1. The third-order valence-corrected chi connectivity index (χ3v) is 4.65. The van der Waals surface area contributed by atoms with Crippen molar-refractivity contribution in [3.63, 3.8) is 0 Å². The molecule has 1 aliphatic rings. The maximum absolute atomic E-state index is 12.8. The van der Waals surface area contributed by atoms with Crippen molar-refractivity contribution in [1.29, 1.82) is 0 Å². The number of hydrogen-bond acceptors (Lipinski definition) is 4. The SMILES string of the molecule is O=S(=O)(Nc1ccc(F)cn1)c1ccc2c(c1)NCCC2. The monoisotopic (exact) mass is 307 g/mol. The Hall–Kier alpha value is -2.15. The van der Waals surface area contributed by atoms with E-state index in [1.54, 1.807) is 12.1 Å². The van der Waals surface area contributed by atoms with Crippen molar-refractivity contribution in [2.75, 3.05) is 16.6 Å². The van der Waals surface area contributed by atoms with Crippen molar-refractivity contribution in [2.45, 2.75) is 17.7 Å². The van der Waals surface area contributed by atoms with Gasteiger partial charge in [0, 0.05) is 12.2 Å². The average molecular weight is 307 g/mol. The minimum absolute atomic E-state index is 0.0853. The van der Waals surface area contributed by atoms with E-state index in [9.17, 15) is 12.8 Å². The summed E-state index contributed by atoms with van der Waals surface area (Å²) >= 11 is 0. The molecule has 110 valence electrons. The van der Waals surface area contributed by atoms with Crippen LogP contribution in [0, 0.1) is 5.82 Å². The fourth-order valence-corrected chi connectivity index (χ4v) is 3.27. The summed E-state index contributed by atoms with van der Waals surface area (Å²) in [4.78, 5) is 3.85. The topological polar surface area (TPSA) is 71.1 Å². The van der Waals surface area contributed by atoms with E-state index in [4.69, 9.17) is 0 Å². The highest BCUT2D eigenvalue weighted by molar-refractivity contribution is 7.92. The molecule has 5 nitrogen and oxygen atoms in total. The Bertz CT molecular complexity index is 760. The fourth-order valence-electron chi connectivity index (χ4n) is 2.24. The minimum Gasteiger partial charge on any atom is -0.385 e. The van der Waals surface area contributed by atoms with E-state index in [0.717, 1.165) is 42.9 Å². The molecule has 21 heavy (non-hydrogen) atoms. The molecule has 7 heteroatoms. The molecule has 1 aliphatic heterocycles. The number of halogens is 1. The number of rotatable bonds is 3. The predicted molar refractivity (Wildman–Crippen MR) is 78.3 cm³/mol. The number of nitrogens with zero attached hydrogens (tertiary/aromatic N) is 1. The lowest BCUT2D eigenvalue weighted by Crippen LogP contribution is -2.16. The minimum atomic E-state index is -3.73. The summed E-state index contributed by atoms with van der Waals surface area (Å²) < 4.78 is 39.7. The number of sulfonamides is 1.